The quantitative estimate of drug-likeness (QED) is 0.338. The number of carboxylic acid groups (broad SMARTS) is 1. The molecular formula is C29H36Cl2N2O5S. The smallest absolute Gasteiger partial charge is 0.303 e. The molecule has 1 amide bonds. The number of halogens is 2. The van der Waals surface area contributed by atoms with Gasteiger partial charge in [-0.15, -0.1) is 0 Å². The zero-order chi connectivity index (χ0) is 28.5. The topological polar surface area (TPSA) is 95.0 Å². The summed E-state index contributed by atoms with van der Waals surface area (Å²) in [7, 11) is -1.87. The van der Waals surface area contributed by atoms with E-state index in [9.17, 15) is 23.1 Å². The van der Waals surface area contributed by atoms with Crippen LogP contribution in [0, 0.1) is 5.41 Å². The first kappa shape index (κ1) is 29.8. The Morgan fingerprint density at radius 2 is 1.79 bits per heavy atom. The van der Waals surface area contributed by atoms with E-state index in [1.165, 1.54) is 4.31 Å². The van der Waals surface area contributed by atoms with E-state index in [-0.39, 0.29) is 36.5 Å². The second-order valence-electron chi connectivity index (χ2n) is 11.1. The van der Waals surface area contributed by atoms with Crippen molar-refractivity contribution in [3.05, 3.63) is 69.7 Å². The molecule has 10 heteroatoms. The molecule has 2 aliphatic rings. The number of benzene rings is 2. The summed E-state index contributed by atoms with van der Waals surface area (Å²) in [6, 6.07) is 14.1. The summed E-state index contributed by atoms with van der Waals surface area (Å²) in [4.78, 5) is 27.9. The van der Waals surface area contributed by atoms with Crippen LogP contribution in [0.25, 0.3) is 0 Å². The van der Waals surface area contributed by atoms with Crippen molar-refractivity contribution in [3.8, 4) is 0 Å². The Hall–Kier alpha value is -2.13. The van der Waals surface area contributed by atoms with Gasteiger partial charge in [-0.05, 0) is 67.5 Å². The van der Waals surface area contributed by atoms with Crippen LogP contribution < -0.4 is 0 Å². The van der Waals surface area contributed by atoms with Crippen LogP contribution in [0.1, 0.15) is 75.5 Å². The van der Waals surface area contributed by atoms with Crippen molar-refractivity contribution in [2.24, 2.45) is 5.41 Å². The zero-order valence-corrected chi connectivity index (χ0v) is 24.8. The predicted molar refractivity (Wildman–Crippen MR) is 153 cm³/mol. The summed E-state index contributed by atoms with van der Waals surface area (Å²) < 4.78 is 27.5. The molecule has 1 heterocycles. The summed E-state index contributed by atoms with van der Waals surface area (Å²) in [5.41, 5.74) is 0.856. The molecule has 1 saturated carbocycles. The van der Waals surface area contributed by atoms with Gasteiger partial charge in [-0.25, -0.2) is 12.7 Å². The Labute approximate surface area is 241 Å². The number of piperidine rings is 1. The Morgan fingerprint density at radius 1 is 1.13 bits per heavy atom. The van der Waals surface area contributed by atoms with Crippen LogP contribution >= 0.6 is 23.2 Å². The van der Waals surface area contributed by atoms with E-state index in [1.807, 2.05) is 49.1 Å². The van der Waals surface area contributed by atoms with Crippen molar-refractivity contribution in [1.29, 1.82) is 0 Å². The van der Waals surface area contributed by atoms with Crippen LogP contribution in [-0.4, -0.2) is 59.5 Å². The number of carbonyl (C=O) groups excluding carboxylic acids is 1. The molecule has 7 nitrogen and oxygen atoms in total. The van der Waals surface area contributed by atoms with Gasteiger partial charge in [-0.2, -0.15) is 0 Å². The summed E-state index contributed by atoms with van der Waals surface area (Å²) in [6.45, 7) is 3.94. The number of likely N-dealkylation sites (N-methyl/N-ethyl adjacent to an activating group) is 1. The number of aliphatic carboxylic acids is 1. The van der Waals surface area contributed by atoms with Crippen LogP contribution in [0.2, 0.25) is 10.0 Å². The number of amides is 1. The molecule has 1 saturated heterocycles. The largest absolute Gasteiger partial charge is 0.481 e. The van der Waals surface area contributed by atoms with Crippen molar-refractivity contribution < 1.29 is 23.1 Å². The first-order chi connectivity index (χ1) is 18.4. The summed E-state index contributed by atoms with van der Waals surface area (Å²) >= 11 is 12.6. The van der Waals surface area contributed by atoms with E-state index in [1.54, 1.807) is 25.2 Å². The minimum Gasteiger partial charge on any atom is -0.481 e. The van der Waals surface area contributed by atoms with Crippen LogP contribution in [-0.2, 0) is 19.6 Å². The lowest BCUT2D eigenvalue weighted by molar-refractivity contribution is -0.156. The average Bonchev–Trinajstić information content (AvgIpc) is 3.75. The maximum absolute atomic E-state index is 14.4. The number of nitrogens with zero attached hydrogens (tertiary/aromatic N) is 2. The third-order valence-electron chi connectivity index (χ3n) is 8.19. The van der Waals surface area contributed by atoms with Gasteiger partial charge < -0.3 is 10.0 Å². The highest BCUT2D eigenvalue weighted by Gasteiger charge is 2.52. The minimum atomic E-state index is -3.45. The molecule has 1 aliphatic heterocycles. The van der Waals surface area contributed by atoms with Gasteiger partial charge >= 0.3 is 5.97 Å². The predicted octanol–water partition coefficient (Wildman–Crippen LogP) is 6.12. The van der Waals surface area contributed by atoms with Gasteiger partial charge in [0.1, 0.15) is 0 Å². The Bertz CT molecular complexity index is 1320. The van der Waals surface area contributed by atoms with E-state index in [0.29, 0.717) is 35.7 Å². The molecule has 4 atom stereocenters. The SMILES string of the molecule is CC[C@@H](CN(C)S(=O)(=O)C1CC1)N1C(=O)[C@@](C)(CCC(=O)O)C[C@H](c2cccc(Cl)c2)C1c1ccc(Cl)cc1. The molecule has 4 rings (SSSR count). The second kappa shape index (κ2) is 11.8. The molecule has 0 aromatic heterocycles. The lowest BCUT2D eigenvalue weighted by Crippen LogP contribution is -2.58. The number of carboxylic acids is 1. The van der Waals surface area contributed by atoms with Crippen molar-refractivity contribution in [2.75, 3.05) is 13.6 Å². The van der Waals surface area contributed by atoms with Gasteiger partial charge in [0.05, 0.1) is 11.3 Å². The van der Waals surface area contributed by atoms with Gasteiger partial charge in [0, 0.05) is 47.4 Å². The fraction of sp³-hybridized carbons (Fsp3) is 0.517. The normalized spacial score (nSPS) is 24.7. The van der Waals surface area contributed by atoms with Crippen molar-refractivity contribution in [3.63, 3.8) is 0 Å². The fourth-order valence-corrected chi connectivity index (χ4v) is 7.77. The van der Waals surface area contributed by atoms with E-state index < -0.39 is 33.5 Å². The highest BCUT2D eigenvalue weighted by molar-refractivity contribution is 7.90. The molecule has 2 aromatic carbocycles. The monoisotopic (exact) mass is 594 g/mol. The lowest BCUT2D eigenvalue weighted by atomic mass is 9.66. The number of hydrogen-bond acceptors (Lipinski definition) is 4. The van der Waals surface area contributed by atoms with Gasteiger partial charge in [-0.3, -0.25) is 9.59 Å². The van der Waals surface area contributed by atoms with Crippen LogP contribution in [0.15, 0.2) is 48.5 Å². The number of rotatable bonds is 11. The Morgan fingerprint density at radius 3 is 2.36 bits per heavy atom. The third-order valence-corrected chi connectivity index (χ3v) is 11.0. The summed E-state index contributed by atoms with van der Waals surface area (Å²) in [5.74, 6) is -1.33. The van der Waals surface area contributed by atoms with Gasteiger partial charge in [0.15, 0.2) is 0 Å². The zero-order valence-electron chi connectivity index (χ0n) is 22.5. The molecule has 212 valence electrons. The van der Waals surface area contributed by atoms with Gasteiger partial charge in [-0.1, -0.05) is 61.3 Å². The maximum atomic E-state index is 14.4. The minimum absolute atomic E-state index is 0.142. The highest BCUT2D eigenvalue weighted by Crippen LogP contribution is 2.52. The van der Waals surface area contributed by atoms with Crippen molar-refractivity contribution in [1.82, 2.24) is 9.21 Å². The molecule has 0 radical (unpaired) electrons. The maximum Gasteiger partial charge on any atom is 0.303 e. The molecule has 2 aromatic rings. The number of likely N-dealkylation sites (tertiary alicyclic amines) is 1. The number of hydrogen-bond donors (Lipinski definition) is 1. The Balaban J connectivity index is 1.85. The summed E-state index contributed by atoms with van der Waals surface area (Å²) in [6.07, 6.45) is 2.30. The fourth-order valence-electron chi connectivity index (χ4n) is 5.83. The standard InChI is InChI=1S/C29H36Cl2N2O5S/c1-4-23(18-32(3)39(37,38)24-12-13-24)33-27(19-8-10-21(30)11-9-19)25(20-6-5-7-22(31)16-20)17-29(2,28(33)36)15-14-26(34)35/h5-11,16,23-25,27H,4,12-15,17-18H2,1-3H3,(H,34,35)/t23-,25+,27?,29-/m0/s1. The molecule has 1 N–H and O–H groups in total. The van der Waals surface area contributed by atoms with Crippen molar-refractivity contribution >= 4 is 45.1 Å². The lowest BCUT2D eigenvalue weighted by Gasteiger charge is -2.52. The molecule has 2 fully saturated rings. The van der Waals surface area contributed by atoms with Crippen LogP contribution in [0.4, 0.5) is 0 Å². The molecule has 1 aliphatic carbocycles. The van der Waals surface area contributed by atoms with Crippen LogP contribution in [0.3, 0.4) is 0 Å². The first-order valence-corrected chi connectivity index (χ1v) is 15.6. The second-order valence-corrected chi connectivity index (χ2v) is 14.3. The average molecular weight is 596 g/mol. The summed E-state index contributed by atoms with van der Waals surface area (Å²) in [5, 5.41) is 10.3. The van der Waals surface area contributed by atoms with E-state index >= 15 is 0 Å². The molecular weight excluding hydrogens is 559 g/mol. The van der Waals surface area contributed by atoms with E-state index in [4.69, 9.17) is 23.2 Å². The molecule has 0 spiro atoms. The first-order valence-electron chi connectivity index (χ1n) is 13.4. The number of sulfonamides is 1. The number of carbonyl (C=O) groups is 2. The van der Waals surface area contributed by atoms with E-state index in [0.717, 1.165) is 11.1 Å². The van der Waals surface area contributed by atoms with Gasteiger partial charge in [0.2, 0.25) is 15.9 Å². The van der Waals surface area contributed by atoms with Crippen LogP contribution in [0.5, 0.6) is 0 Å². The Kier molecular flexibility index (Phi) is 9.01. The third kappa shape index (κ3) is 6.45. The molecule has 39 heavy (non-hydrogen) atoms. The molecule has 0 bridgehead atoms. The van der Waals surface area contributed by atoms with Crippen molar-refractivity contribution in [2.45, 2.75) is 75.6 Å². The van der Waals surface area contributed by atoms with Gasteiger partial charge in [0.25, 0.3) is 0 Å². The highest BCUT2D eigenvalue weighted by atomic mass is 35.5. The molecule has 1 unspecified atom stereocenters. The van der Waals surface area contributed by atoms with E-state index in [2.05, 4.69) is 0 Å².